The molecule has 174 valence electrons. The van der Waals surface area contributed by atoms with Crippen molar-refractivity contribution in [3.05, 3.63) is 99.3 Å². The van der Waals surface area contributed by atoms with Crippen molar-refractivity contribution in [2.45, 2.75) is 32.9 Å². The summed E-state index contributed by atoms with van der Waals surface area (Å²) in [7, 11) is 0. The van der Waals surface area contributed by atoms with Crippen molar-refractivity contribution in [1.29, 1.82) is 0 Å². The number of hydrogen-bond acceptors (Lipinski definition) is 5. The summed E-state index contributed by atoms with van der Waals surface area (Å²) in [4.78, 5) is 32.0. The van der Waals surface area contributed by atoms with Crippen LogP contribution in [-0.2, 0) is 16.1 Å². The first-order valence-electron chi connectivity index (χ1n) is 11.1. The number of halogens is 1. The molecule has 1 aromatic heterocycles. The number of carbonyl (C=O) groups excluding carboxylic acids is 2. The largest absolute Gasteiger partial charge is 0.507 e. The average Bonchev–Trinajstić information content (AvgIpc) is 3.08. The first-order chi connectivity index (χ1) is 16.4. The van der Waals surface area contributed by atoms with Crippen molar-refractivity contribution < 1.29 is 19.4 Å². The van der Waals surface area contributed by atoms with Gasteiger partial charge in [0.25, 0.3) is 11.7 Å². The predicted octanol–water partition coefficient (Wildman–Crippen LogP) is 5.56. The highest BCUT2D eigenvalue weighted by molar-refractivity contribution is 9.10. The minimum Gasteiger partial charge on any atom is -0.507 e. The second kappa shape index (κ2) is 10.2. The summed E-state index contributed by atoms with van der Waals surface area (Å²) in [5.74, 6) is -0.865. The number of nitrogens with zero attached hydrogens (tertiary/aromatic N) is 2. The van der Waals surface area contributed by atoms with E-state index >= 15 is 0 Å². The van der Waals surface area contributed by atoms with Crippen molar-refractivity contribution in [2.75, 3.05) is 6.61 Å². The van der Waals surface area contributed by atoms with Crippen LogP contribution in [0.3, 0.4) is 0 Å². The average molecular weight is 521 g/mol. The van der Waals surface area contributed by atoms with E-state index in [1.807, 2.05) is 50.2 Å². The number of aryl methyl sites for hydroxylation is 1. The minimum absolute atomic E-state index is 0.0709. The zero-order valence-electron chi connectivity index (χ0n) is 19.0. The summed E-state index contributed by atoms with van der Waals surface area (Å²) in [6.45, 7) is 4.65. The van der Waals surface area contributed by atoms with Crippen molar-refractivity contribution >= 4 is 33.4 Å². The van der Waals surface area contributed by atoms with E-state index in [1.165, 1.54) is 4.90 Å². The molecule has 1 atom stereocenters. The van der Waals surface area contributed by atoms with Crippen molar-refractivity contribution in [1.82, 2.24) is 9.88 Å². The second-order valence-corrected chi connectivity index (χ2v) is 9.08. The summed E-state index contributed by atoms with van der Waals surface area (Å²) < 4.78 is 6.56. The van der Waals surface area contributed by atoms with Gasteiger partial charge in [-0.1, -0.05) is 41.1 Å². The van der Waals surface area contributed by atoms with Gasteiger partial charge in [-0.05, 0) is 66.4 Å². The molecule has 1 N–H and O–H groups in total. The standard InChI is InChI=1S/C27H25BrN2O4/c1-3-13-34-21-10-11-22(17(2)14-21)25(31)23-24(19-6-8-20(28)9-7-19)30(27(33)26(23)32)16-18-5-4-12-29-15-18/h4-12,14-15,24,31H,3,13,16H2,1-2H3/t24-/m0/s1. The Morgan fingerprint density at radius 1 is 1.15 bits per heavy atom. The third-order valence-electron chi connectivity index (χ3n) is 5.73. The summed E-state index contributed by atoms with van der Waals surface area (Å²) >= 11 is 3.43. The Morgan fingerprint density at radius 2 is 1.91 bits per heavy atom. The fraction of sp³-hybridized carbons (Fsp3) is 0.222. The van der Waals surface area contributed by atoms with Crippen LogP contribution in [0, 0.1) is 6.92 Å². The highest BCUT2D eigenvalue weighted by atomic mass is 79.9. The van der Waals surface area contributed by atoms with Crippen LogP contribution in [0.2, 0.25) is 0 Å². The highest BCUT2D eigenvalue weighted by Crippen LogP contribution is 2.41. The molecule has 3 aromatic rings. The summed E-state index contributed by atoms with van der Waals surface area (Å²) in [6.07, 6.45) is 4.20. The Morgan fingerprint density at radius 3 is 2.56 bits per heavy atom. The van der Waals surface area contributed by atoms with Gasteiger partial charge in [-0.15, -0.1) is 0 Å². The van der Waals surface area contributed by atoms with Gasteiger partial charge in [0, 0.05) is 29.0 Å². The Hall–Kier alpha value is -3.45. The number of likely N-dealkylation sites (tertiary alicyclic amines) is 1. The zero-order valence-corrected chi connectivity index (χ0v) is 20.6. The normalized spacial score (nSPS) is 17.3. The molecule has 0 bridgehead atoms. The maximum atomic E-state index is 13.2. The quantitative estimate of drug-likeness (QED) is 0.250. The third kappa shape index (κ3) is 4.75. The summed E-state index contributed by atoms with van der Waals surface area (Å²) in [6, 6.07) is 15.6. The van der Waals surface area contributed by atoms with Crippen LogP contribution in [0.4, 0.5) is 0 Å². The summed E-state index contributed by atoms with van der Waals surface area (Å²) in [5, 5.41) is 11.3. The smallest absolute Gasteiger partial charge is 0.295 e. The van der Waals surface area contributed by atoms with Gasteiger partial charge in [-0.2, -0.15) is 0 Å². The number of rotatable bonds is 7. The SMILES string of the molecule is CCCOc1ccc(C(O)=C2C(=O)C(=O)N(Cc3cccnc3)[C@H]2c2ccc(Br)cc2)c(C)c1. The Labute approximate surface area is 207 Å². The molecule has 34 heavy (non-hydrogen) atoms. The molecule has 1 fully saturated rings. The number of benzene rings is 2. The van der Waals surface area contributed by atoms with Crippen LogP contribution in [0.1, 0.15) is 41.6 Å². The van der Waals surface area contributed by atoms with Crippen LogP contribution < -0.4 is 4.74 Å². The van der Waals surface area contributed by atoms with E-state index in [0.717, 1.165) is 27.6 Å². The third-order valence-corrected chi connectivity index (χ3v) is 6.26. The molecule has 6 nitrogen and oxygen atoms in total. The molecule has 0 aliphatic carbocycles. The van der Waals surface area contributed by atoms with Crippen molar-refractivity contribution in [3.63, 3.8) is 0 Å². The Kier molecular flexibility index (Phi) is 7.12. The number of aliphatic hydroxyl groups is 1. The molecule has 0 unspecified atom stereocenters. The Bertz CT molecular complexity index is 1240. The molecular weight excluding hydrogens is 496 g/mol. The molecule has 1 aliphatic heterocycles. The van der Waals surface area contributed by atoms with Gasteiger partial charge >= 0.3 is 0 Å². The van der Waals surface area contributed by atoms with Crippen LogP contribution in [-0.4, -0.2) is 33.3 Å². The minimum atomic E-state index is -0.733. The number of carbonyl (C=O) groups is 2. The number of aromatic nitrogens is 1. The van der Waals surface area contributed by atoms with E-state index in [4.69, 9.17) is 4.74 Å². The summed E-state index contributed by atoms with van der Waals surface area (Å²) in [5.41, 5.74) is 2.83. The van der Waals surface area contributed by atoms with Crippen LogP contribution in [0.15, 0.2) is 77.0 Å². The maximum absolute atomic E-state index is 13.2. The van der Waals surface area contributed by atoms with E-state index in [2.05, 4.69) is 20.9 Å². The number of Topliss-reactive ketones (excluding diaryl/α,β-unsaturated/α-hetero) is 1. The molecule has 1 aliphatic rings. The first kappa shape index (κ1) is 23.7. The lowest BCUT2D eigenvalue weighted by Gasteiger charge is -2.25. The van der Waals surface area contributed by atoms with Crippen LogP contribution in [0.5, 0.6) is 5.75 Å². The van der Waals surface area contributed by atoms with E-state index in [-0.39, 0.29) is 17.9 Å². The van der Waals surface area contributed by atoms with Gasteiger partial charge in [0.15, 0.2) is 0 Å². The number of hydrogen-bond donors (Lipinski definition) is 1. The van der Waals surface area contributed by atoms with Gasteiger partial charge in [-0.25, -0.2) is 0 Å². The lowest BCUT2D eigenvalue weighted by molar-refractivity contribution is -0.140. The maximum Gasteiger partial charge on any atom is 0.295 e. The van der Waals surface area contributed by atoms with Gasteiger partial charge in [-0.3, -0.25) is 14.6 Å². The fourth-order valence-corrected chi connectivity index (χ4v) is 4.34. The lowest BCUT2D eigenvalue weighted by Crippen LogP contribution is -2.29. The van der Waals surface area contributed by atoms with E-state index < -0.39 is 17.7 Å². The first-order valence-corrected chi connectivity index (χ1v) is 11.9. The molecule has 2 aromatic carbocycles. The van der Waals surface area contributed by atoms with E-state index in [1.54, 1.807) is 30.6 Å². The highest BCUT2D eigenvalue weighted by Gasteiger charge is 2.46. The fourth-order valence-electron chi connectivity index (χ4n) is 4.08. The molecule has 4 rings (SSSR count). The number of aliphatic hydroxyl groups excluding tert-OH is 1. The van der Waals surface area contributed by atoms with Crippen LogP contribution in [0.25, 0.3) is 5.76 Å². The van der Waals surface area contributed by atoms with Crippen molar-refractivity contribution in [3.8, 4) is 5.75 Å². The molecular formula is C27H25BrN2O4. The lowest BCUT2D eigenvalue weighted by atomic mass is 9.94. The van der Waals surface area contributed by atoms with Gasteiger partial charge in [0.05, 0.1) is 18.2 Å². The molecule has 0 spiro atoms. The number of ketones is 1. The molecule has 7 heteroatoms. The zero-order chi connectivity index (χ0) is 24.2. The topological polar surface area (TPSA) is 79.7 Å². The molecule has 0 saturated carbocycles. The number of ether oxygens (including phenoxy) is 1. The van der Waals surface area contributed by atoms with Gasteiger partial charge in [0.1, 0.15) is 11.5 Å². The van der Waals surface area contributed by atoms with Crippen molar-refractivity contribution in [2.24, 2.45) is 0 Å². The predicted molar refractivity (Wildman–Crippen MR) is 133 cm³/mol. The van der Waals surface area contributed by atoms with Crippen LogP contribution >= 0.6 is 15.9 Å². The molecule has 1 amide bonds. The molecule has 2 heterocycles. The second-order valence-electron chi connectivity index (χ2n) is 8.17. The number of pyridine rings is 1. The van der Waals surface area contributed by atoms with Gasteiger partial charge in [0.2, 0.25) is 0 Å². The van der Waals surface area contributed by atoms with E-state index in [0.29, 0.717) is 17.9 Å². The van der Waals surface area contributed by atoms with E-state index in [9.17, 15) is 14.7 Å². The van der Waals surface area contributed by atoms with Gasteiger partial charge < -0.3 is 14.7 Å². The molecule has 0 radical (unpaired) electrons. The number of amides is 1. The monoisotopic (exact) mass is 520 g/mol. The Balaban J connectivity index is 1.82. The molecule has 1 saturated heterocycles.